The Balaban J connectivity index is 1.68. The molecular weight excluding hydrogens is 296 g/mol. The topological polar surface area (TPSA) is 64.7 Å². The van der Waals surface area contributed by atoms with Crippen LogP contribution in [0.2, 0.25) is 0 Å². The molecule has 4 rings (SSSR count). The maximum absolute atomic E-state index is 12.7. The third kappa shape index (κ3) is 2.28. The van der Waals surface area contributed by atoms with Gasteiger partial charge in [-0.05, 0) is 24.3 Å². The van der Waals surface area contributed by atoms with Gasteiger partial charge in [0.25, 0.3) is 0 Å². The minimum absolute atomic E-state index is 0.0653. The summed E-state index contributed by atoms with van der Waals surface area (Å²) in [5.41, 5.74) is 1.82. The predicted molar refractivity (Wildman–Crippen MR) is 84.8 cm³/mol. The molecule has 0 bridgehead atoms. The van der Waals surface area contributed by atoms with Crippen molar-refractivity contribution in [3.8, 4) is 5.75 Å². The molecule has 0 saturated heterocycles. The number of amides is 1. The number of carbonyl (C=O) groups excluding carboxylic acids is 1. The van der Waals surface area contributed by atoms with E-state index in [0.29, 0.717) is 30.0 Å². The van der Waals surface area contributed by atoms with Gasteiger partial charge in [0.1, 0.15) is 18.9 Å². The maximum Gasteiger partial charge on any atom is 0.420 e. The smallest absolute Gasteiger partial charge is 0.420 e. The molecule has 0 N–H and O–H groups in total. The Kier molecular flexibility index (Phi) is 3.15. The molecule has 1 aliphatic heterocycles. The van der Waals surface area contributed by atoms with Crippen molar-refractivity contribution in [1.82, 2.24) is 4.57 Å². The van der Waals surface area contributed by atoms with Crippen LogP contribution in [0.1, 0.15) is 0 Å². The highest BCUT2D eigenvalue weighted by molar-refractivity contribution is 5.95. The summed E-state index contributed by atoms with van der Waals surface area (Å²) < 4.78 is 12.1. The van der Waals surface area contributed by atoms with Gasteiger partial charge in [-0.2, -0.15) is 0 Å². The van der Waals surface area contributed by atoms with Gasteiger partial charge in [-0.25, -0.2) is 4.79 Å². The summed E-state index contributed by atoms with van der Waals surface area (Å²) in [5.74, 6) is -0.0213. The molecule has 0 radical (unpaired) electrons. The van der Waals surface area contributed by atoms with E-state index in [9.17, 15) is 9.59 Å². The molecule has 6 heteroatoms. The van der Waals surface area contributed by atoms with E-state index in [1.807, 2.05) is 30.3 Å². The Hall–Kier alpha value is -3.02. The summed E-state index contributed by atoms with van der Waals surface area (Å²) in [5, 5.41) is 0. The van der Waals surface area contributed by atoms with Crippen LogP contribution in [0.15, 0.2) is 57.7 Å². The van der Waals surface area contributed by atoms with E-state index in [0.717, 1.165) is 5.69 Å². The Morgan fingerprint density at radius 3 is 2.78 bits per heavy atom. The minimum Gasteiger partial charge on any atom is -0.490 e. The van der Waals surface area contributed by atoms with E-state index in [1.54, 1.807) is 23.1 Å². The summed E-state index contributed by atoms with van der Waals surface area (Å²) in [6.07, 6.45) is 0. The number of carbonyl (C=O) groups is 1. The standard InChI is InChI=1S/C17H14N2O4/c20-16(18-9-10-22-14-7-3-1-5-12(14)18)11-19-13-6-2-4-8-15(13)23-17(19)21/h1-8H,9-11H2. The van der Waals surface area contributed by atoms with Crippen molar-refractivity contribution < 1.29 is 13.9 Å². The second-order valence-corrected chi connectivity index (χ2v) is 5.28. The molecule has 0 unspecified atom stereocenters. The van der Waals surface area contributed by atoms with Crippen molar-refractivity contribution in [2.75, 3.05) is 18.1 Å². The van der Waals surface area contributed by atoms with Gasteiger partial charge in [0.15, 0.2) is 5.58 Å². The second-order valence-electron chi connectivity index (χ2n) is 5.28. The molecule has 2 heterocycles. The lowest BCUT2D eigenvalue weighted by Crippen LogP contribution is -2.40. The van der Waals surface area contributed by atoms with Gasteiger partial charge in [-0.1, -0.05) is 24.3 Å². The first-order valence-electron chi connectivity index (χ1n) is 7.34. The predicted octanol–water partition coefficient (Wildman–Crippen LogP) is 2.02. The van der Waals surface area contributed by atoms with E-state index in [1.165, 1.54) is 4.57 Å². The molecule has 6 nitrogen and oxygen atoms in total. The summed E-state index contributed by atoms with van der Waals surface area (Å²) in [6.45, 7) is 0.828. The Morgan fingerprint density at radius 1 is 1.09 bits per heavy atom. The van der Waals surface area contributed by atoms with E-state index in [4.69, 9.17) is 9.15 Å². The average Bonchev–Trinajstić information content (AvgIpc) is 2.90. The van der Waals surface area contributed by atoms with Crippen molar-refractivity contribution in [2.45, 2.75) is 6.54 Å². The SMILES string of the molecule is O=C(Cn1c(=O)oc2ccccc21)N1CCOc2ccccc21. The van der Waals surface area contributed by atoms with Crippen LogP contribution in [0.25, 0.3) is 11.1 Å². The number of rotatable bonds is 2. The average molecular weight is 310 g/mol. The number of hydrogen-bond donors (Lipinski definition) is 0. The van der Waals surface area contributed by atoms with Crippen LogP contribution in [-0.2, 0) is 11.3 Å². The summed E-state index contributed by atoms with van der Waals surface area (Å²) in [7, 11) is 0. The quantitative estimate of drug-likeness (QED) is 0.726. The molecule has 3 aromatic rings. The number of ether oxygens (including phenoxy) is 1. The minimum atomic E-state index is -0.527. The van der Waals surface area contributed by atoms with E-state index in [2.05, 4.69) is 0 Å². The van der Waals surface area contributed by atoms with Crippen LogP contribution in [0.3, 0.4) is 0 Å². The number of anilines is 1. The molecule has 1 amide bonds. The molecule has 116 valence electrons. The van der Waals surface area contributed by atoms with Crippen molar-refractivity contribution in [1.29, 1.82) is 0 Å². The first kappa shape index (κ1) is 13.6. The summed E-state index contributed by atoms with van der Waals surface area (Å²) in [4.78, 5) is 26.3. The first-order chi connectivity index (χ1) is 11.2. The van der Waals surface area contributed by atoms with Crippen molar-refractivity contribution >= 4 is 22.7 Å². The zero-order valence-electron chi connectivity index (χ0n) is 12.3. The summed E-state index contributed by atoms with van der Waals surface area (Å²) in [6, 6.07) is 14.4. The molecule has 1 aromatic heterocycles. The molecule has 2 aromatic carbocycles. The highest BCUT2D eigenvalue weighted by Crippen LogP contribution is 2.31. The lowest BCUT2D eigenvalue weighted by atomic mass is 10.2. The molecule has 0 aliphatic carbocycles. The van der Waals surface area contributed by atoms with Crippen molar-refractivity contribution in [2.24, 2.45) is 0 Å². The molecule has 0 spiro atoms. The highest BCUT2D eigenvalue weighted by atomic mass is 16.5. The Bertz CT molecular complexity index is 941. The molecule has 1 aliphatic rings. The number of aromatic nitrogens is 1. The third-order valence-corrected chi connectivity index (χ3v) is 3.90. The molecule has 0 fully saturated rings. The first-order valence-corrected chi connectivity index (χ1v) is 7.34. The fraction of sp³-hybridized carbons (Fsp3) is 0.176. The van der Waals surface area contributed by atoms with Crippen LogP contribution in [0.5, 0.6) is 5.75 Å². The van der Waals surface area contributed by atoms with Gasteiger partial charge < -0.3 is 14.1 Å². The number of benzene rings is 2. The normalized spacial score (nSPS) is 13.7. The van der Waals surface area contributed by atoms with Crippen LogP contribution < -0.4 is 15.4 Å². The zero-order chi connectivity index (χ0) is 15.8. The molecular formula is C17H14N2O4. The fourth-order valence-corrected chi connectivity index (χ4v) is 2.81. The van der Waals surface area contributed by atoms with Gasteiger partial charge in [0.2, 0.25) is 5.91 Å². The molecule has 0 saturated carbocycles. The monoisotopic (exact) mass is 310 g/mol. The van der Waals surface area contributed by atoms with E-state index in [-0.39, 0.29) is 12.5 Å². The number of nitrogens with zero attached hydrogens (tertiary/aromatic N) is 2. The zero-order valence-corrected chi connectivity index (χ0v) is 12.3. The summed E-state index contributed by atoms with van der Waals surface area (Å²) >= 11 is 0. The molecule has 23 heavy (non-hydrogen) atoms. The van der Waals surface area contributed by atoms with E-state index < -0.39 is 5.76 Å². The molecule has 0 atom stereocenters. The second kappa shape index (κ2) is 5.31. The van der Waals surface area contributed by atoms with E-state index >= 15 is 0 Å². The van der Waals surface area contributed by atoms with Gasteiger partial charge in [-0.3, -0.25) is 9.36 Å². The van der Waals surface area contributed by atoms with Crippen molar-refractivity contribution in [3.63, 3.8) is 0 Å². The van der Waals surface area contributed by atoms with Gasteiger partial charge in [0.05, 0.1) is 17.7 Å². The number of para-hydroxylation sites is 4. The largest absolute Gasteiger partial charge is 0.490 e. The van der Waals surface area contributed by atoms with Crippen LogP contribution >= 0.6 is 0 Å². The van der Waals surface area contributed by atoms with Crippen LogP contribution in [0.4, 0.5) is 5.69 Å². The van der Waals surface area contributed by atoms with Crippen LogP contribution in [0, 0.1) is 0 Å². The van der Waals surface area contributed by atoms with Gasteiger partial charge >= 0.3 is 5.76 Å². The van der Waals surface area contributed by atoms with Gasteiger partial charge in [-0.15, -0.1) is 0 Å². The Labute approximate surface area is 131 Å². The lowest BCUT2D eigenvalue weighted by Gasteiger charge is -2.29. The Morgan fingerprint density at radius 2 is 1.87 bits per heavy atom. The highest BCUT2D eigenvalue weighted by Gasteiger charge is 2.24. The number of fused-ring (bicyclic) bond motifs is 2. The number of oxazole rings is 1. The van der Waals surface area contributed by atoms with Crippen molar-refractivity contribution in [3.05, 3.63) is 59.1 Å². The van der Waals surface area contributed by atoms with Crippen LogP contribution in [-0.4, -0.2) is 23.6 Å². The lowest BCUT2D eigenvalue weighted by molar-refractivity contribution is -0.119. The third-order valence-electron chi connectivity index (χ3n) is 3.90. The maximum atomic E-state index is 12.7. The van der Waals surface area contributed by atoms with Gasteiger partial charge in [0, 0.05) is 0 Å². The number of hydrogen-bond acceptors (Lipinski definition) is 4. The fourth-order valence-electron chi connectivity index (χ4n) is 2.81.